The van der Waals surface area contributed by atoms with Gasteiger partial charge in [-0.05, 0) is 37.8 Å². The van der Waals surface area contributed by atoms with E-state index in [4.69, 9.17) is 4.74 Å². The van der Waals surface area contributed by atoms with E-state index in [-0.39, 0.29) is 12.0 Å². The maximum absolute atomic E-state index is 11.6. The topological polar surface area (TPSA) is 31.2 Å². The van der Waals surface area contributed by atoms with Gasteiger partial charge in [0.1, 0.15) is 6.04 Å². The quantitative estimate of drug-likeness (QED) is 0.753. The summed E-state index contributed by atoms with van der Waals surface area (Å²) in [6.07, 6.45) is 8.45. The molecule has 1 unspecified atom stereocenters. The third kappa shape index (κ3) is 2.54. The van der Waals surface area contributed by atoms with Crippen molar-refractivity contribution in [2.75, 3.05) is 7.11 Å². The van der Waals surface area contributed by atoms with E-state index in [1.54, 1.807) is 0 Å². The average Bonchev–Trinajstić information content (AvgIpc) is 2.87. The van der Waals surface area contributed by atoms with Gasteiger partial charge < -0.3 is 9.30 Å². The van der Waals surface area contributed by atoms with Gasteiger partial charge in [-0.3, -0.25) is 0 Å². The summed E-state index contributed by atoms with van der Waals surface area (Å²) in [7, 11) is 1.45. The van der Waals surface area contributed by atoms with Crippen molar-refractivity contribution in [3.05, 3.63) is 24.0 Å². The van der Waals surface area contributed by atoms with E-state index in [1.165, 1.54) is 44.9 Å². The standard InChI is InChI=1S/C14H21NO2/c1-11(14(16)17-2)15-10-6-9-13(15)12-7-4-3-5-8-12/h6,9-12H,3-5,7-8H2,1-2H3. The molecule has 1 fully saturated rings. The van der Waals surface area contributed by atoms with Crippen molar-refractivity contribution >= 4 is 5.97 Å². The minimum atomic E-state index is -0.216. The first kappa shape index (κ1) is 12.2. The molecule has 1 heterocycles. The lowest BCUT2D eigenvalue weighted by molar-refractivity contribution is -0.144. The molecule has 0 N–H and O–H groups in total. The first-order valence-corrected chi connectivity index (χ1v) is 6.48. The van der Waals surface area contributed by atoms with Crippen LogP contribution in [0.15, 0.2) is 18.3 Å². The van der Waals surface area contributed by atoms with E-state index >= 15 is 0 Å². The molecule has 17 heavy (non-hydrogen) atoms. The number of hydrogen-bond acceptors (Lipinski definition) is 2. The van der Waals surface area contributed by atoms with Crippen LogP contribution in [0, 0.1) is 0 Å². The molecule has 1 aliphatic carbocycles. The number of ether oxygens (including phenoxy) is 1. The van der Waals surface area contributed by atoms with Crippen LogP contribution in [0.25, 0.3) is 0 Å². The van der Waals surface area contributed by atoms with Gasteiger partial charge in [0, 0.05) is 11.9 Å². The van der Waals surface area contributed by atoms with E-state index in [2.05, 4.69) is 10.6 Å². The monoisotopic (exact) mass is 235 g/mol. The molecule has 1 atom stereocenters. The van der Waals surface area contributed by atoms with Crippen LogP contribution < -0.4 is 0 Å². The lowest BCUT2D eigenvalue weighted by Crippen LogP contribution is -2.21. The van der Waals surface area contributed by atoms with Crippen molar-refractivity contribution in [2.24, 2.45) is 0 Å². The fraction of sp³-hybridized carbons (Fsp3) is 0.643. The zero-order chi connectivity index (χ0) is 12.3. The molecule has 0 spiro atoms. The van der Waals surface area contributed by atoms with Crippen LogP contribution in [0.5, 0.6) is 0 Å². The summed E-state index contributed by atoms with van der Waals surface area (Å²) in [4.78, 5) is 11.6. The summed E-state index contributed by atoms with van der Waals surface area (Å²) in [5.41, 5.74) is 1.29. The van der Waals surface area contributed by atoms with Crippen LogP contribution in [-0.4, -0.2) is 17.6 Å². The minimum Gasteiger partial charge on any atom is -0.467 e. The number of aromatic nitrogens is 1. The molecule has 2 rings (SSSR count). The largest absolute Gasteiger partial charge is 0.467 e. The highest BCUT2D eigenvalue weighted by Crippen LogP contribution is 2.34. The van der Waals surface area contributed by atoms with Gasteiger partial charge in [0.15, 0.2) is 0 Å². The van der Waals surface area contributed by atoms with Crippen molar-refractivity contribution < 1.29 is 9.53 Å². The van der Waals surface area contributed by atoms with Crippen molar-refractivity contribution in [1.82, 2.24) is 4.57 Å². The number of rotatable bonds is 3. The Labute approximate surface area is 103 Å². The van der Waals surface area contributed by atoms with Gasteiger partial charge in [-0.25, -0.2) is 4.79 Å². The second kappa shape index (κ2) is 5.39. The van der Waals surface area contributed by atoms with E-state index < -0.39 is 0 Å². The Hall–Kier alpha value is -1.25. The fourth-order valence-corrected chi connectivity index (χ4v) is 2.79. The van der Waals surface area contributed by atoms with Gasteiger partial charge in [-0.2, -0.15) is 0 Å². The molecule has 0 amide bonds. The van der Waals surface area contributed by atoms with E-state index in [0.717, 1.165) is 0 Å². The summed E-state index contributed by atoms with van der Waals surface area (Å²) in [5.74, 6) is 0.448. The Morgan fingerprint density at radius 1 is 1.41 bits per heavy atom. The molecule has 1 saturated carbocycles. The van der Waals surface area contributed by atoms with Crippen LogP contribution in [-0.2, 0) is 9.53 Å². The van der Waals surface area contributed by atoms with Crippen molar-refractivity contribution in [2.45, 2.75) is 51.0 Å². The molecule has 0 radical (unpaired) electrons. The zero-order valence-corrected chi connectivity index (χ0v) is 10.7. The summed E-state index contributed by atoms with van der Waals surface area (Å²) in [5, 5.41) is 0. The van der Waals surface area contributed by atoms with Gasteiger partial charge in [-0.1, -0.05) is 19.3 Å². The maximum atomic E-state index is 11.6. The predicted octanol–water partition coefficient (Wildman–Crippen LogP) is 3.27. The smallest absolute Gasteiger partial charge is 0.328 e. The molecule has 0 saturated heterocycles. The molecule has 94 valence electrons. The molecular weight excluding hydrogens is 214 g/mol. The van der Waals surface area contributed by atoms with E-state index in [1.807, 2.05) is 19.2 Å². The molecule has 3 heteroatoms. The number of carbonyl (C=O) groups excluding carboxylic acids is 1. The Balaban J connectivity index is 2.18. The highest BCUT2D eigenvalue weighted by Gasteiger charge is 2.23. The van der Waals surface area contributed by atoms with Crippen molar-refractivity contribution in [1.29, 1.82) is 0 Å². The van der Waals surface area contributed by atoms with Gasteiger partial charge in [0.25, 0.3) is 0 Å². The Morgan fingerprint density at radius 2 is 2.12 bits per heavy atom. The number of hydrogen-bond donors (Lipinski definition) is 0. The molecule has 0 aliphatic heterocycles. The molecule has 0 aromatic carbocycles. The predicted molar refractivity (Wildman–Crippen MR) is 67.0 cm³/mol. The van der Waals surface area contributed by atoms with Crippen molar-refractivity contribution in [3.63, 3.8) is 0 Å². The van der Waals surface area contributed by atoms with E-state index in [9.17, 15) is 4.79 Å². The molecule has 1 aromatic rings. The number of esters is 1. The highest BCUT2D eigenvalue weighted by molar-refractivity contribution is 5.73. The highest BCUT2D eigenvalue weighted by atomic mass is 16.5. The van der Waals surface area contributed by atoms with Crippen LogP contribution in [0.3, 0.4) is 0 Å². The van der Waals surface area contributed by atoms with Crippen LogP contribution in [0.4, 0.5) is 0 Å². The van der Waals surface area contributed by atoms with Crippen molar-refractivity contribution in [3.8, 4) is 0 Å². The van der Waals surface area contributed by atoms with Gasteiger partial charge in [-0.15, -0.1) is 0 Å². The summed E-state index contributed by atoms with van der Waals surface area (Å²) < 4.78 is 6.89. The second-order valence-corrected chi connectivity index (χ2v) is 4.87. The van der Waals surface area contributed by atoms with Gasteiger partial charge in [0.2, 0.25) is 0 Å². The van der Waals surface area contributed by atoms with Crippen LogP contribution >= 0.6 is 0 Å². The van der Waals surface area contributed by atoms with Gasteiger partial charge >= 0.3 is 5.97 Å². The third-order valence-electron chi connectivity index (χ3n) is 3.79. The normalized spacial score (nSPS) is 18.9. The molecular formula is C14H21NO2. The first-order chi connectivity index (χ1) is 8.24. The first-order valence-electron chi connectivity index (χ1n) is 6.48. The molecule has 1 aliphatic rings. The lowest BCUT2D eigenvalue weighted by Gasteiger charge is -2.25. The molecule has 1 aromatic heterocycles. The summed E-state index contributed by atoms with van der Waals surface area (Å²) in [6, 6.07) is 3.96. The second-order valence-electron chi connectivity index (χ2n) is 4.87. The Morgan fingerprint density at radius 3 is 2.76 bits per heavy atom. The molecule has 3 nitrogen and oxygen atoms in total. The third-order valence-corrected chi connectivity index (χ3v) is 3.79. The fourth-order valence-electron chi connectivity index (χ4n) is 2.79. The number of methoxy groups -OCH3 is 1. The number of nitrogens with zero attached hydrogens (tertiary/aromatic N) is 1. The van der Waals surface area contributed by atoms with Crippen LogP contribution in [0.1, 0.15) is 56.7 Å². The Kier molecular flexibility index (Phi) is 3.87. The van der Waals surface area contributed by atoms with E-state index in [0.29, 0.717) is 5.92 Å². The maximum Gasteiger partial charge on any atom is 0.328 e. The lowest BCUT2D eigenvalue weighted by atomic mass is 9.87. The SMILES string of the molecule is COC(=O)C(C)n1cccc1C1CCCCC1. The van der Waals surface area contributed by atoms with Crippen LogP contribution in [0.2, 0.25) is 0 Å². The summed E-state index contributed by atoms with van der Waals surface area (Å²) >= 11 is 0. The summed E-state index contributed by atoms with van der Waals surface area (Å²) in [6.45, 7) is 1.90. The number of carbonyl (C=O) groups is 1. The minimum absolute atomic E-state index is 0.168. The Bertz CT molecular complexity index is 377. The molecule has 0 bridgehead atoms. The van der Waals surface area contributed by atoms with Gasteiger partial charge in [0.05, 0.1) is 7.11 Å². The average molecular weight is 235 g/mol. The zero-order valence-electron chi connectivity index (χ0n) is 10.7.